The Bertz CT molecular complexity index is 892. The van der Waals surface area contributed by atoms with Gasteiger partial charge < -0.3 is 20.3 Å². The monoisotopic (exact) mass is 444 g/mol. The van der Waals surface area contributed by atoms with Crippen LogP contribution in [0, 0.1) is 0 Å². The van der Waals surface area contributed by atoms with E-state index in [-0.39, 0.29) is 12.6 Å². The highest BCUT2D eigenvalue weighted by atomic mass is 32.2. The van der Waals surface area contributed by atoms with Gasteiger partial charge in [-0.25, -0.2) is 9.78 Å². The maximum absolute atomic E-state index is 12.3. The molecule has 1 aliphatic rings. The number of amides is 1. The van der Waals surface area contributed by atoms with Crippen molar-refractivity contribution in [1.82, 2.24) is 20.1 Å². The van der Waals surface area contributed by atoms with Crippen molar-refractivity contribution in [3.05, 3.63) is 35.5 Å². The third-order valence-corrected chi connectivity index (χ3v) is 5.85. The number of benzene rings is 1. The van der Waals surface area contributed by atoms with Gasteiger partial charge in [-0.2, -0.15) is 0 Å². The van der Waals surface area contributed by atoms with Crippen molar-refractivity contribution >= 4 is 29.4 Å². The molecule has 168 valence electrons. The average molecular weight is 445 g/mol. The first-order chi connectivity index (χ1) is 14.7. The van der Waals surface area contributed by atoms with Crippen LogP contribution < -0.4 is 10.6 Å². The summed E-state index contributed by atoms with van der Waals surface area (Å²) >= 11 is 1.45. The van der Waals surface area contributed by atoms with Crippen LogP contribution in [0.3, 0.4) is 0 Å². The summed E-state index contributed by atoms with van der Waals surface area (Å²) in [5.41, 5.74) is 8.33. The Morgan fingerprint density at radius 1 is 1.23 bits per heavy atom. The van der Waals surface area contributed by atoms with E-state index in [2.05, 4.69) is 39.4 Å². The number of carbonyl (C=O) groups excluding carboxylic acids is 1. The van der Waals surface area contributed by atoms with Gasteiger partial charge in [0.25, 0.3) is 0 Å². The molecule has 1 aromatic heterocycles. The van der Waals surface area contributed by atoms with Gasteiger partial charge in [-0.15, -0.1) is 10.2 Å². The molecular weight excluding hydrogens is 412 g/mol. The molecule has 31 heavy (non-hydrogen) atoms. The number of hydrogen-bond acceptors (Lipinski definition) is 8. The Balaban J connectivity index is 1.66. The molecule has 0 atom stereocenters. The van der Waals surface area contributed by atoms with E-state index in [0.717, 1.165) is 24.3 Å². The van der Waals surface area contributed by atoms with Crippen LogP contribution in [0.4, 0.5) is 16.3 Å². The Hall–Kier alpha value is -2.39. The first-order valence-corrected chi connectivity index (χ1v) is 11.7. The molecule has 0 spiro atoms. The fraction of sp³-hybridized carbons (Fsp3) is 0.545. The average Bonchev–Trinajstić information content (AvgIpc) is 2.77. The summed E-state index contributed by atoms with van der Waals surface area (Å²) in [7, 11) is 1.96. The highest BCUT2D eigenvalue weighted by Gasteiger charge is 2.27. The van der Waals surface area contributed by atoms with Gasteiger partial charge in [0.15, 0.2) is 5.82 Å². The molecule has 0 unspecified atom stereocenters. The van der Waals surface area contributed by atoms with Crippen LogP contribution in [-0.2, 0) is 11.3 Å². The van der Waals surface area contributed by atoms with Gasteiger partial charge in [0, 0.05) is 32.4 Å². The van der Waals surface area contributed by atoms with Crippen LogP contribution in [0.5, 0.6) is 0 Å². The van der Waals surface area contributed by atoms with Crippen molar-refractivity contribution in [2.45, 2.75) is 56.8 Å². The van der Waals surface area contributed by atoms with E-state index in [1.165, 1.54) is 17.3 Å². The number of hydrogen-bond donors (Lipinski definition) is 1. The van der Waals surface area contributed by atoms with Crippen LogP contribution in [0.2, 0.25) is 0 Å². The predicted molar refractivity (Wildman–Crippen MR) is 124 cm³/mol. The molecule has 1 fully saturated rings. The van der Waals surface area contributed by atoms with E-state index < -0.39 is 5.60 Å². The van der Waals surface area contributed by atoms with Crippen LogP contribution >= 0.6 is 11.8 Å². The van der Waals surface area contributed by atoms with Crippen molar-refractivity contribution in [3.63, 3.8) is 0 Å². The number of anilines is 2. The minimum atomic E-state index is -0.463. The number of likely N-dealkylation sites (tertiary alicyclic amines) is 1. The van der Waals surface area contributed by atoms with Gasteiger partial charge >= 0.3 is 6.09 Å². The Morgan fingerprint density at radius 3 is 2.42 bits per heavy atom. The summed E-state index contributed by atoms with van der Waals surface area (Å²) in [6, 6.07) is 8.51. The van der Waals surface area contributed by atoms with Crippen molar-refractivity contribution in [3.8, 4) is 0 Å². The standard InChI is InChI=1S/C22H32N6O2S/c1-22(2,3)30-21(29)28-12-10-16(11-13-28)15-6-8-17(9-7-15)27(4)19-18(14-23)25-26-20(24-19)31-5/h6-9,16H,10-14,23H2,1-5H3. The smallest absolute Gasteiger partial charge is 0.410 e. The molecule has 1 saturated heterocycles. The number of nitrogens with zero attached hydrogens (tertiary/aromatic N) is 5. The molecule has 0 radical (unpaired) electrons. The van der Waals surface area contributed by atoms with Crippen LogP contribution in [0.1, 0.15) is 50.8 Å². The lowest BCUT2D eigenvalue weighted by molar-refractivity contribution is 0.0205. The number of piperidine rings is 1. The zero-order valence-electron chi connectivity index (χ0n) is 19.0. The van der Waals surface area contributed by atoms with E-state index >= 15 is 0 Å². The van der Waals surface area contributed by atoms with Crippen molar-refractivity contribution in [2.24, 2.45) is 5.73 Å². The molecule has 3 rings (SSSR count). The summed E-state index contributed by atoms with van der Waals surface area (Å²) in [6.45, 7) is 7.39. The molecule has 1 aliphatic heterocycles. The zero-order valence-corrected chi connectivity index (χ0v) is 19.8. The van der Waals surface area contributed by atoms with E-state index in [9.17, 15) is 4.79 Å². The van der Waals surface area contributed by atoms with Crippen LogP contribution in [0.25, 0.3) is 0 Å². The van der Waals surface area contributed by atoms with Crippen LogP contribution in [0.15, 0.2) is 29.4 Å². The number of thioether (sulfide) groups is 1. The third-order valence-electron chi connectivity index (χ3n) is 5.31. The predicted octanol–water partition coefficient (Wildman–Crippen LogP) is 3.93. The molecule has 2 N–H and O–H groups in total. The molecule has 2 aromatic rings. The van der Waals surface area contributed by atoms with Gasteiger partial charge in [-0.1, -0.05) is 23.9 Å². The lowest BCUT2D eigenvalue weighted by Crippen LogP contribution is -2.41. The summed E-state index contributed by atoms with van der Waals surface area (Å²) in [6.07, 6.45) is 3.56. The second-order valence-electron chi connectivity index (χ2n) is 8.67. The molecule has 8 nitrogen and oxygen atoms in total. The molecule has 0 bridgehead atoms. The molecule has 0 saturated carbocycles. The van der Waals surface area contributed by atoms with Crippen molar-refractivity contribution < 1.29 is 9.53 Å². The van der Waals surface area contributed by atoms with E-state index in [1.807, 2.05) is 43.9 Å². The number of carbonyl (C=O) groups is 1. The fourth-order valence-corrected chi connectivity index (χ4v) is 3.93. The maximum atomic E-state index is 12.3. The molecular formula is C22H32N6O2S. The Kier molecular flexibility index (Phi) is 7.38. The first kappa shape index (κ1) is 23.3. The quantitative estimate of drug-likeness (QED) is 0.693. The number of rotatable bonds is 5. The first-order valence-electron chi connectivity index (χ1n) is 10.5. The van der Waals surface area contributed by atoms with Gasteiger partial charge in [0.1, 0.15) is 11.3 Å². The molecule has 1 aromatic carbocycles. The second-order valence-corrected chi connectivity index (χ2v) is 9.44. The normalized spacial score (nSPS) is 15.1. The van der Waals surface area contributed by atoms with Gasteiger partial charge in [-0.05, 0) is 63.5 Å². The van der Waals surface area contributed by atoms with Gasteiger partial charge in [0.05, 0.1) is 0 Å². The third kappa shape index (κ3) is 5.86. The SMILES string of the molecule is CSc1nnc(CN)c(N(C)c2ccc(C3CCN(C(=O)OC(C)(C)C)CC3)cc2)n1. The highest BCUT2D eigenvalue weighted by Crippen LogP contribution is 2.31. The summed E-state index contributed by atoms with van der Waals surface area (Å²) in [4.78, 5) is 20.7. The largest absolute Gasteiger partial charge is 0.444 e. The zero-order chi connectivity index (χ0) is 22.6. The number of ether oxygens (including phenoxy) is 1. The lowest BCUT2D eigenvalue weighted by Gasteiger charge is -2.33. The summed E-state index contributed by atoms with van der Waals surface area (Å²) in [5, 5.41) is 8.90. The minimum Gasteiger partial charge on any atom is -0.444 e. The van der Waals surface area contributed by atoms with Gasteiger partial charge in [0.2, 0.25) is 5.16 Å². The Labute approximate surface area is 188 Å². The van der Waals surface area contributed by atoms with E-state index in [4.69, 9.17) is 10.5 Å². The number of aromatic nitrogens is 3. The molecule has 0 aliphatic carbocycles. The van der Waals surface area contributed by atoms with Crippen molar-refractivity contribution in [2.75, 3.05) is 31.3 Å². The summed E-state index contributed by atoms with van der Waals surface area (Å²) < 4.78 is 5.49. The highest BCUT2D eigenvalue weighted by molar-refractivity contribution is 7.98. The summed E-state index contributed by atoms with van der Waals surface area (Å²) in [5.74, 6) is 1.15. The Morgan fingerprint density at radius 2 is 1.87 bits per heavy atom. The second kappa shape index (κ2) is 9.82. The number of nitrogens with two attached hydrogens (primary N) is 1. The molecule has 1 amide bonds. The van der Waals surface area contributed by atoms with Crippen LogP contribution in [-0.4, -0.2) is 58.2 Å². The minimum absolute atomic E-state index is 0.221. The van der Waals surface area contributed by atoms with Crippen molar-refractivity contribution in [1.29, 1.82) is 0 Å². The molecule has 2 heterocycles. The lowest BCUT2D eigenvalue weighted by atomic mass is 9.89. The van der Waals surface area contributed by atoms with E-state index in [1.54, 1.807) is 0 Å². The van der Waals surface area contributed by atoms with Gasteiger partial charge in [-0.3, -0.25) is 0 Å². The molecule has 9 heteroatoms. The topological polar surface area (TPSA) is 97.5 Å². The fourth-order valence-electron chi connectivity index (χ4n) is 3.63. The van der Waals surface area contributed by atoms with E-state index in [0.29, 0.717) is 29.9 Å². The maximum Gasteiger partial charge on any atom is 0.410 e.